The van der Waals surface area contributed by atoms with Gasteiger partial charge in [-0.15, -0.1) is 10.2 Å². The number of H-pyrrole nitrogens is 1. The third-order valence-electron chi connectivity index (χ3n) is 5.12. The van der Waals surface area contributed by atoms with Gasteiger partial charge in [-0.05, 0) is 43.9 Å². The lowest BCUT2D eigenvalue weighted by Gasteiger charge is -2.17. The van der Waals surface area contributed by atoms with E-state index < -0.39 is 9.84 Å². The third kappa shape index (κ3) is 4.28. The van der Waals surface area contributed by atoms with Gasteiger partial charge in [0.15, 0.2) is 15.5 Å². The number of rotatable bonds is 6. The van der Waals surface area contributed by atoms with Gasteiger partial charge in [0.2, 0.25) is 0 Å². The fourth-order valence-corrected chi connectivity index (χ4v) is 5.50. The number of nitrogens with one attached hydrogen (secondary N) is 3. The first-order valence-corrected chi connectivity index (χ1v) is 11.7. The molecule has 158 valence electrons. The Labute approximate surface area is 174 Å². The van der Waals surface area contributed by atoms with E-state index in [4.69, 9.17) is 0 Å². The summed E-state index contributed by atoms with van der Waals surface area (Å²) in [6.45, 7) is 4.27. The van der Waals surface area contributed by atoms with Crippen molar-refractivity contribution in [2.45, 2.75) is 26.3 Å². The minimum Gasteiger partial charge on any atom is -0.380 e. The number of fused-ring (bicyclic) bond motifs is 1. The summed E-state index contributed by atoms with van der Waals surface area (Å²) in [6.07, 6.45) is 4.10. The molecule has 3 heterocycles. The standard InChI is InChI=1S/C20H24N6O3S/c1-12(2)24-18-16-7-14(15-9-22-23-10-15)3-4-17(16)25-26-19(18)20(27)21-8-13-5-6-30(28,29)11-13/h3-4,7,9-10,12-13H,5-6,8,11H2,1-2H3,(H,21,27)(H,22,23)(H,24,25). The lowest BCUT2D eigenvalue weighted by molar-refractivity contribution is 0.0943. The molecule has 1 aliphatic rings. The van der Waals surface area contributed by atoms with Crippen molar-refractivity contribution >= 4 is 32.3 Å². The summed E-state index contributed by atoms with van der Waals surface area (Å²) in [5.41, 5.74) is 3.35. The van der Waals surface area contributed by atoms with Gasteiger partial charge in [-0.2, -0.15) is 5.10 Å². The molecule has 30 heavy (non-hydrogen) atoms. The van der Waals surface area contributed by atoms with Crippen molar-refractivity contribution in [3.8, 4) is 11.1 Å². The van der Waals surface area contributed by atoms with Crippen LogP contribution in [-0.4, -0.2) is 58.8 Å². The monoisotopic (exact) mass is 428 g/mol. The van der Waals surface area contributed by atoms with Crippen molar-refractivity contribution in [2.75, 3.05) is 23.4 Å². The summed E-state index contributed by atoms with van der Waals surface area (Å²) in [5, 5.41) is 22.1. The zero-order valence-electron chi connectivity index (χ0n) is 16.8. The first kappa shape index (κ1) is 20.3. The highest BCUT2D eigenvalue weighted by molar-refractivity contribution is 7.91. The number of carbonyl (C=O) groups is 1. The maximum atomic E-state index is 12.9. The van der Waals surface area contributed by atoms with E-state index in [1.807, 2.05) is 32.0 Å². The number of aromatic nitrogens is 4. The molecule has 1 unspecified atom stereocenters. The molecule has 0 radical (unpaired) electrons. The third-order valence-corrected chi connectivity index (χ3v) is 6.96. The van der Waals surface area contributed by atoms with Crippen LogP contribution >= 0.6 is 0 Å². The molecule has 1 aliphatic heterocycles. The molecule has 1 atom stereocenters. The Morgan fingerprint density at radius 2 is 2.10 bits per heavy atom. The highest BCUT2D eigenvalue weighted by Gasteiger charge is 2.28. The van der Waals surface area contributed by atoms with E-state index in [0.717, 1.165) is 16.5 Å². The molecule has 0 saturated carbocycles. The van der Waals surface area contributed by atoms with Crippen LogP contribution in [0.4, 0.5) is 5.69 Å². The molecule has 1 amide bonds. The molecule has 3 N–H and O–H groups in total. The number of hydrogen-bond donors (Lipinski definition) is 3. The predicted molar refractivity (Wildman–Crippen MR) is 115 cm³/mol. The minimum atomic E-state index is -2.99. The van der Waals surface area contributed by atoms with Gasteiger partial charge < -0.3 is 10.6 Å². The van der Waals surface area contributed by atoms with Gasteiger partial charge >= 0.3 is 0 Å². The fourth-order valence-electron chi connectivity index (χ4n) is 3.64. The summed E-state index contributed by atoms with van der Waals surface area (Å²) < 4.78 is 23.3. The first-order valence-electron chi connectivity index (χ1n) is 9.87. The summed E-state index contributed by atoms with van der Waals surface area (Å²) in [6, 6.07) is 5.82. The maximum Gasteiger partial charge on any atom is 0.274 e. The molecule has 4 rings (SSSR count). The van der Waals surface area contributed by atoms with Crippen molar-refractivity contribution in [3.05, 3.63) is 36.3 Å². The number of hydrogen-bond acceptors (Lipinski definition) is 7. The van der Waals surface area contributed by atoms with Crippen molar-refractivity contribution in [3.63, 3.8) is 0 Å². The summed E-state index contributed by atoms with van der Waals surface area (Å²) >= 11 is 0. The average molecular weight is 429 g/mol. The Bertz CT molecular complexity index is 1170. The van der Waals surface area contributed by atoms with E-state index in [1.54, 1.807) is 12.4 Å². The second-order valence-electron chi connectivity index (χ2n) is 7.92. The second-order valence-corrected chi connectivity index (χ2v) is 10.1. The predicted octanol–water partition coefficient (Wildman–Crippen LogP) is 2.00. The van der Waals surface area contributed by atoms with Crippen molar-refractivity contribution in [1.82, 2.24) is 25.7 Å². The molecule has 0 spiro atoms. The van der Waals surface area contributed by atoms with Gasteiger partial charge in [0.1, 0.15) is 0 Å². The van der Waals surface area contributed by atoms with Gasteiger partial charge in [0, 0.05) is 29.7 Å². The van der Waals surface area contributed by atoms with Crippen LogP contribution in [0.5, 0.6) is 0 Å². The molecule has 0 bridgehead atoms. The quantitative estimate of drug-likeness (QED) is 0.547. The van der Waals surface area contributed by atoms with Gasteiger partial charge in [-0.3, -0.25) is 9.89 Å². The van der Waals surface area contributed by atoms with E-state index in [1.165, 1.54) is 0 Å². The lowest BCUT2D eigenvalue weighted by Crippen LogP contribution is -2.31. The van der Waals surface area contributed by atoms with Crippen molar-refractivity contribution in [2.24, 2.45) is 5.92 Å². The van der Waals surface area contributed by atoms with Crippen LogP contribution in [0.2, 0.25) is 0 Å². The Morgan fingerprint density at radius 3 is 2.77 bits per heavy atom. The number of nitrogens with zero attached hydrogens (tertiary/aromatic N) is 3. The summed E-state index contributed by atoms with van der Waals surface area (Å²) in [4.78, 5) is 12.9. The van der Waals surface area contributed by atoms with Crippen molar-refractivity contribution in [1.29, 1.82) is 0 Å². The van der Waals surface area contributed by atoms with Gasteiger partial charge in [-0.1, -0.05) is 6.07 Å². The molecule has 0 aliphatic carbocycles. The Morgan fingerprint density at radius 1 is 1.27 bits per heavy atom. The molecule has 3 aromatic rings. The molecule has 1 saturated heterocycles. The molecule has 9 nitrogen and oxygen atoms in total. The van der Waals surface area contributed by atoms with E-state index >= 15 is 0 Å². The average Bonchev–Trinajstić information content (AvgIpc) is 3.35. The van der Waals surface area contributed by atoms with Gasteiger partial charge in [0.25, 0.3) is 5.91 Å². The second kappa shape index (κ2) is 8.02. The Hall–Kier alpha value is -3.01. The largest absolute Gasteiger partial charge is 0.380 e. The molecule has 10 heteroatoms. The SMILES string of the molecule is CC(C)Nc1c(C(=O)NCC2CCS(=O)(=O)C2)nnc2ccc(-c3cn[nH]c3)cc12. The van der Waals surface area contributed by atoms with Crippen LogP contribution < -0.4 is 10.6 Å². The lowest BCUT2D eigenvalue weighted by atomic mass is 10.0. The van der Waals surface area contributed by atoms with E-state index in [0.29, 0.717) is 24.2 Å². The topological polar surface area (TPSA) is 130 Å². The first-order chi connectivity index (χ1) is 14.3. The zero-order chi connectivity index (χ0) is 21.3. The number of carbonyl (C=O) groups excluding carboxylic acids is 1. The fraction of sp³-hybridized carbons (Fsp3) is 0.400. The number of aromatic amines is 1. The van der Waals surface area contributed by atoms with E-state index in [2.05, 4.69) is 31.0 Å². The number of benzene rings is 1. The molecular formula is C20H24N6O3S. The van der Waals surface area contributed by atoms with E-state index in [-0.39, 0.29) is 35.1 Å². The van der Waals surface area contributed by atoms with Crippen LogP contribution in [-0.2, 0) is 9.84 Å². The van der Waals surface area contributed by atoms with Crippen LogP contribution in [0.15, 0.2) is 30.6 Å². The van der Waals surface area contributed by atoms with Gasteiger partial charge in [0.05, 0.1) is 28.9 Å². The van der Waals surface area contributed by atoms with Gasteiger partial charge in [-0.25, -0.2) is 8.42 Å². The van der Waals surface area contributed by atoms with Crippen molar-refractivity contribution < 1.29 is 13.2 Å². The zero-order valence-corrected chi connectivity index (χ0v) is 17.7. The number of anilines is 1. The molecule has 1 aromatic carbocycles. The summed E-state index contributed by atoms with van der Waals surface area (Å²) in [5.74, 6) is -0.144. The Balaban J connectivity index is 1.66. The highest BCUT2D eigenvalue weighted by atomic mass is 32.2. The molecule has 2 aromatic heterocycles. The van der Waals surface area contributed by atoms with Crippen LogP contribution in [0.3, 0.4) is 0 Å². The maximum absolute atomic E-state index is 12.9. The molecule has 1 fully saturated rings. The van der Waals surface area contributed by atoms with Crippen LogP contribution in [0.25, 0.3) is 22.0 Å². The smallest absolute Gasteiger partial charge is 0.274 e. The van der Waals surface area contributed by atoms with Crippen LogP contribution in [0, 0.1) is 5.92 Å². The Kier molecular flexibility index (Phi) is 5.42. The number of sulfone groups is 1. The highest BCUT2D eigenvalue weighted by Crippen LogP contribution is 2.30. The minimum absolute atomic E-state index is 0.0680. The molecular weight excluding hydrogens is 404 g/mol. The van der Waals surface area contributed by atoms with E-state index in [9.17, 15) is 13.2 Å². The normalized spacial score (nSPS) is 18.0. The van der Waals surface area contributed by atoms with Crippen LogP contribution in [0.1, 0.15) is 30.8 Å². The number of amides is 1. The summed E-state index contributed by atoms with van der Waals surface area (Å²) in [7, 11) is -2.99.